The molecule has 0 aliphatic rings. The summed E-state index contributed by atoms with van der Waals surface area (Å²) in [4.78, 5) is 10.0. The van der Waals surface area contributed by atoms with Crippen LogP contribution < -0.4 is 17.2 Å². The Morgan fingerprint density at radius 3 is 2.57 bits per heavy atom. The van der Waals surface area contributed by atoms with Crippen LogP contribution in [0.4, 0.5) is 0 Å². The molecular formula is C16H21N5O2. The van der Waals surface area contributed by atoms with E-state index >= 15 is 0 Å². The molecule has 0 fully saturated rings. The van der Waals surface area contributed by atoms with E-state index in [1.807, 2.05) is 37.3 Å². The quantitative estimate of drug-likeness (QED) is 0.320. The summed E-state index contributed by atoms with van der Waals surface area (Å²) in [6.07, 6.45) is -0.901. The number of oxime groups is 2. The second-order valence-corrected chi connectivity index (χ2v) is 5.02. The van der Waals surface area contributed by atoms with Crippen molar-refractivity contribution >= 4 is 22.3 Å². The zero-order valence-corrected chi connectivity index (χ0v) is 13.2. The first-order valence-electron chi connectivity index (χ1n) is 7.09. The molecule has 2 rings (SSSR count). The Kier molecular flexibility index (Phi) is 5.51. The summed E-state index contributed by atoms with van der Waals surface area (Å²) in [6.45, 7) is 2.29. The normalized spacial score (nSPS) is 12.7. The lowest BCUT2D eigenvalue weighted by Crippen LogP contribution is -2.46. The van der Waals surface area contributed by atoms with E-state index in [4.69, 9.17) is 22.0 Å². The molecule has 0 amide bonds. The summed E-state index contributed by atoms with van der Waals surface area (Å²) in [5.74, 6) is -0.0141. The van der Waals surface area contributed by atoms with Gasteiger partial charge in [0, 0.05) is 5.56 Å². The van der Waals surface area contributed by atoms with Crippen molar-refractivity contribution in [1.29, 1.82) is 0 Å². The first kappa shape index (κ1) is 16.7. The van der Waals surface area contributed by atoms with E-state index < -0.39 is 6.17 Å². The van der Waals surface area contributed by atoms with Gasteiger partial charge in [-0.25, -0.2) is 0 Å². The Morgan fingerprint density at radius 1 is 1.13 bits per heavy atom. The van der Waals surface area contributed by atoms with Crippen molar-refractivity contribution in [1.82, 2.24) is 0 Å². The lowest BCUT2D eigenvalue weighted by atomic mass is 10.0. The highest BCUT2D eigenvalue weighted by atomic mass is 16.6. The zero-order valence-electron chi connectivity index (χ0n) is 13.2. The molecule has 0 aliphatic heterocycles. The number of benzene rings is 2. The maximum absolute atomic E-state index is 5.77. The van der Waals surface area contributed by atoms with E-state index in [1.165, 1.54) is 7.11 Å². The van der Waals surface area contributed by atoms with Crippen molar-refractivity contribution < 1.29 is 9.68 Å². The highest BCUT2D eigenvalue weighted by Gasteiger charge is 2.13. The van der Waals surface area contributed by atoms with E-state index in [9.17, 15) is 0 Å². The average Bonchev–Trinajstić information content (AvgIpc) is 2.54. The topological polar surface area (TPSA) is 121 Å². The van der Waals surface area contributed by atoms with E-state index in [-0.39, 0.29) is 18.2 Å². The van der Waals surface area contributed by atoms with Gasteiger partial charge in [-0.05, 0) is 23.3 Å². The fourth-order valence-electron chi connectivity index (χ4n) is 2.23. The lowest BCUT2D eigenvalue weighted by molar-refractivity contribution is 0.131. The molecule has 2 aromatic carbocycles. The molecule has 0 atom stereocenters. The van der Waals surface area contributed by atoms with Crippen LogP contribution >= 0.6 is 0 Å². The van der Waals surface area contributed by atoms with E-state index in [0.717, 1.165) is 21.9 Å². The maximum atomic E-state index is 5.77. The predicted octanol–water partition coefficient (Wildman–Crippen LogP) is 1.18. The largest absolute Gasteiger partial charge is 0.399 e. The molecule has 122 valence electrons. The monoisotopic (exact) mass is 315 g/mol. The molecule has 7 heteroatoms. The van der Waals surface area contributed by atoms with Crippen LogP contribution in [0.5, 0.6) is 0 Å². The Bertz CT molecular complexity index is 740. The highest BCUT2D eigenvalue weighted by Crippen LogP contribution is 2.22. The molecule has 0 aromatic heterocycles. The van der Waals surface area contributed by atoms with Crippen LogP contribution in [0.2, 0.25) is 0 Å². The predicted molar refractivity (Wildman–Crippen MR) is 91.7 cm³/mol. The van der Waals surface area contributed by atoms with Crippen molar-refractivity contribution in [3.05, 3.63) is 47.5 Å². The van der Waals surface area contributed by atoms with E-state index in [0.29, 0.717) is 0 Å². The number of nitrogens with zero attached hydrogens (tertiary/aromatic N) is 2. The lowest BCUT2D eigenvalue weighted by Gasteiger charge is -2.11. The van der Waals surface area contributed by atoms with E-state index in [2.05, 4.69) is 21.2 Å². The second kappa shape index (κ2) is 7.57. The fraction of sp³-hybridized carbons (Fsp3) is 0.250. The molecule has 6 N–H and O–H groups in total. The van der Waals surface area contributed by atoms with Gasteiger partial charge in [-0.1, -0.05) is 46.7 Å². The van der Waals surface area contributed by atoms with Gasteiger partial charge in [0.1, 0.15) is 19.9 Å². The van der Waals surface area contributed by atoms with Crippen molar-refractivity contribution in [2.45, 2.75) is 19.7 Å². The Balaban J connectivity index is 2.20. The standard InChI is InChI=1S/C16H21N5O2/c1-10-7-8-11-5-3-4-6-12(11)13(10)9-23-21-16(19)14(15(17)18)20-22-2/h3-8,15H,9,17-18H2,1-2H3,(H2,19,21)/b20-14+. The molecule has 23 heavy (non-hydrogen) atoms. The van der Waals surface area contributed by atoms with Gasteiger partial charge in [0.05, 0.1) is 0 Å². The SMILES string of the molecule is CO/N=C(/C(N)=N/OCc1c(C)ccc2ccccc12)C(N)N. The Labute approximate surface area is 134 Å². The van der Waals surface area contributed by atoms with Gasteiger partial charge in [-0.3, -0.25) is 0 Å². The minimum Gasteiger partial charge on any atom is -0.399 e. The third-order valence-corrected chi connectivity index (χ3v) is 3.41. The van der Waals surface area contributed by atoms with Gasteiger partial charge in [0.25, 0.3) is 0 Å². The highest BCUT2D eigenvalue weighted by molar-refractivity contribution is 6.42. The third-order valence-electron chi connectivity index (χ3n) is 3.41. The molecule has 0 radical (unpaired) electrons. The molecule has 0 spiro atoms. The molecule has 0 saturated heterocycles. The van der Waals surface area contributed by atoms with Gasteiger partial charge >= 0.3 is 0 Å². The van der Waals surface area contributed by atoms with Crippen molar-refractivity contribution in [2.24, 2.45) is 27.5 Å². The van der Waals surface area contributed by atoms with Crippen molar-refractivity contribution in [3.63, 3.8) is 0 Å². The zero-order chi connectivity index (χ0) is 16.8. The number of hydrogen-bond acceptors (Lipinski definition) is 6. The number of nitrogens with two attached hydrogens (primary N) is 3. The molecule has 2 aromatic rings. The summed E-state index contributed by atoms with van der Waals surface area (Å²) >= 11 is 0. The summed E-state index contributed by atoms with van der Waals surface area (Å²) in [5.41, 5.74) is 19.2. The van der Waals surface area contributed by atoms with Crippen LogP contribution in [0, 0.1) is 6.92 Å². The van der Waals surface area contributed by atoms with Gasteiger partial charge in [0.15, 0.2) is 11.5 Å². The Hall–Kier alpha value is -2.64. The van der Waals surface area contributed by atoms with Crippen molar-refractivity contribution in [3.8, 4) is 0 Å². The van der Waals surface area contributed by atoms with Crippen LogP contribution in [-0.4, -0.2) is 24.8 Å². The van der Waals surface area contributed by atoms with Gasteiger partial charge < -0.3 is 26.9 Å². The van der Waals surface area contributed by atoms with Crippen LogP contribution in [-0.2, 0) is 16.3 Å². The molecule has 0 aliphatic carbocycles. The average molecular weight is 315 g/mol. The second-order valence-electron chi connectivity index (χ2n) is 5.02. The Morgan fingerprint density at radius 2 is 1.87 bits per heavy atom. The fourth-order valence-corrected chi connectivity index (χ4v) is 2.23. The maximum Gasteiger partial charge on any atom is 0.191 e. The minimum atomic E-state index is -0.901. The number of rotatable bonds is 6. The first-order chi connectivity index (χ1) is 11.0. The summed E-state index contributed by atoms with van der Waals surface area (Å²) in [5, 5.41) is 9.73. The van der Waals surface area contributed by atoms with Crippen molar-refractivity contribution in [2.75, 3.05) is 7.11 Å². The molecule has 0 saturated carbocycles. The third kappa shape index (κ3) is 3.97. The van der Waals surface area contributed by atoms with Crippen LogP contribution in [0.3, 0.4) is 0 Å². The van der Waals surface area contributed by atoms with Gasteiger partial charge in [-0.15, -0.1) is 0 Å². The van der Waals surface area contributed by atoms with Crippen LogP contribution in [0.15, 0.2) is 46.7 Å². The number of fused-ring (bicyclic) bond motifs is 1. The van der Waals surface area contributed by atoms with Crippen LogP contribution in [0.25, 0.3) is 10.8 Å². The molecule has 0 heterocycles. The smallest absolute Gasteiger partial charge is 0.191 e. The molecule has 0 unspecified atom stereocenters. The van der Waals surface area contributed by atoms with E-state index in [1.54, 1.807) is 0 Å². The number of amidine groups is 1. The first-order valence-corrected chi connectivity index (χ1v) is 7.09. The minimum absolute atomic E-state index is 0.0141. The molecular weight excluding hydrogens is 294 g/mol. The van der Waals surface area contributed by atoms with Crippen LogP contribution in [0.1, 0.15) is 11.1 Å². The van der Waals surface area contributed by atoms with Gasteiger partial charge in [-0.2, -0.15) is 0 Å². The molecule has 0 bridgehead atoms. The van der Waals surface area contributed by atoms with Gasteiger partial charge in [0.2, 0.25) is 0 Å². The summed E-state index contributed by atoms with van der Waals surface area (Å²) in [6, 6.07) is 12.2. The molecule has 7 nitrogen and oxygen atoms in total. The number of hydrogen-bond donors (Lipinski definition) is 3. The summed E-state index contributed by atoms with van der Waals surface area (Å²) < 4.78 is 0. The summed E-state index contributed by atoms with van der Waals surface area (Å²) in [7, 11) is 1.37. The number of aryl methyl sites for hydroxylation is 1.